The first-order chi connectivity index (χ1) is 14.0. The highest BCUT2D eigenvalue weighted by Gasteiger charge is 2.60. The van der Waals surface area contributed by atoms with E-state index in [9.17, 15) is 4.79 Å². The molecule has 8 nitrogen and oxygen atoms in total. The van der Waals surface area contributed by atoms with Gasteiger partial charge < -0.3 is 29.0 Å². The summed E-state index contributed by atoms with van der Waals surface area (Å²) in [6.45, 7) is 9.43. The van der Waals surface area contributed by atoms with Crippen LogP contribution in [0.3, 0.4) is 0 Å². The van der Waals surface area contributed by atoms with Crippen molar-refractivity contribution in [2.45, 2.75) is 76.9 Å². The third-order valence-electron chi connectivity index (χ3n) is 5.35. The number of rotatable bonds is 4. The molecule has 30 heavy (non-hydrogen) atoms. The molecule has 3 saturated heterocycles. The van der Waals surface area contributed by atoms with E-state index in [1.807, 2.05) is 53.7 Å². The third-order valence-corrected chi connectivity index (χ3v) is 5.35. The minimum absolute atomic E-state index is 0.192. The average Bonchev–Trinajstić information content (AvgIpc) is 3.13. The van der Waals surface area contributed by atoms with Gasteiger partial charge in [0.15, 0.2) is 25.7 Å². The van der Waals surface area contributed by atoms with Gasteiger partial charge in [-0.2, -0.15) is 0 Å². The minimum atomic E-state index is -0.770. The van der Waals surface area contributed by atoms with E-state index < -0.39 is 24.0 Å². The van der Waals surface area contributed by atoms with Crippen molar-refractivity contribution in [1.29, 1.82) is 0 Å². The van der Waals surface area contributed by atoms with Crippen LogP contribution in [0.1, 0.15) is 40.3 Å². The molecule has 1 unspecified atom stereocenters. The molecule has 3 aliphatic heterocycles. The summed E-state index contributed by atoms with van der Waals surface area (Å²) in [5, 5.41) is 2.94. The fraction of sp³-hybridized carbons (Fsp3) is 0.619. The highest BCUT2D eigenvalue weighted by molar-refractivity contribution is 6.30. The standard InChI is InChI=1S/C21H29BN2O6/c1-11(9-12-7-6-8-14(22)24-12)18(25)23-10-13-15-16(28-20(2,3)27-15)17-19(26-13)30-21(4,5)29-17/h6-9,13,15-17,19H,10,22H2,1-5H3,(H,23,25)/b11-9+/t13?,15-,16-,17-,19+/m0/s1. The second-order valence-electron chi connectivity index (χ2n) is 8.95. The molecule has 4 heterocycles. The number of hydrogen-bond acceptors (Lipinski definition) is 7. The summed E-state index contributed by atoms with van der Waals surface area (Å²) in [5.74, 6) is -1.73. The Hall–Kier alpha value is -1.78. The quantitative estimate of drug-likeness (QED) is 0.557. The van der Waals surface area contributed by atoms with Crippen molar-refractivity contribution in [3.8, 4) is 0 Å². The Balaban J connectivity index is 1.44. The number of carbonyl (C=O) groups excluding carboxylic acids is 1. The van der Waals surface area contributed by atoms with Gasteiger partial charge in [-0.3, -0.25) is 9.78 Å². The van der Waals surface area contributed by atoms with Gasteiger partial charge >= 0.3 is 0 Å². The van der Waals surface area contributed by atoms with Crippen LogP contribution >= 0.6 is 0 Å². The van der Waals surface area contributed by atoms with Crippen molar-refractivity contribution in [2.24, 2.45) is 0 Å². The maximum absolute atomic E-state index is 12.6. The van der Waals surface area contributed by atoms with E-state index in [0.29, 0.717) is 5.57 Å². The maximum atomic E-state index is 12.6. The molecule has 0 aliphatic carbocycles. The second-order valence-corrected chi connectivity index (χ2v) is 8.95. The lowest BCUT2D eigenvalue weighted by Crippen LogP contribution is -2.57. The van der Waals surface area contributed by atoms with E-state index in [2.05, 4.69) is 10.3 Å². The number of amides is 1. The van der Waals surface area contributed by atoms with Crippen LogP contribution in [0.25, 0.3) is 6.08 Å². The number of nitrogens with zero attached hydrogens (tertiary/aromatic N) is 1. The molecule has 0 radical (unpaired) electrons. The summed E-state index contributed by atoms with van der Waals surface area (Å²) in [6.07, 6.45) is -0.333. The molecule has 4 rings (SSSR count). The van der Waals surface area contributed by atoms with Gasteiger partial charge in [0.25, 0.3) is 0 Å². The largest absolute Gasteiger partial charge is 0.350 e. The summed E-state index contributed by atoms with van der Waals surface area (Å²) in [6, 6.07) is 5.69. The van der Waals surface area contributed by atoms with Crippen molar-refractivity contribution in [1.82, 2.24) is 10.3 Å². The van der Waals surface area contributed by atoms with Crippen LogP contribution in [0.15, 0.2) is 23.8 Å². The Kier molecular flexibility index (Phi) is 5.53. The fourth-order valence-corrected chi connectivity index (χ4v) is 4.12. The number of pyridine rings is 1. The first-order valence-corrected chi connectivity index (χ1v) is 10.3. The molecule has 0 bridgehead atoms. The number of nitrogens with one attached hydrogen (secondary N) is 1. The lowest BCUT2D eigenvalue weighted by Gasteiger charge is -2.37. The normalized spacial score (nSPS) is 34.3. The smallest absolute Gasteiger partial charge is 0.247 e. The second kappa shape index (κ2) is 7.73. The van der Waals surface area contributed by atoms with Gasteiger partial charge in [-0.25, -0.2) is 0 Å². The molecule has 1 amide bonds. The molecule has 9 heteroatoms. The predicted molar refractivity (Wildman–Crippen MR) is 112 cm³/mol. The van der Waals surface area contributed by atoms with Gasteiger partial charge in [0.1, 0.15) is 24.4 Å². The molecule has 0 spiro atoms. The number of hydrogen-bond donors (Lipinski definition) is 1. The van der Waals surface area contributed by atoms with Crippen LogP contribution < -0.4 is 10.9 Å². The van der Waals surface area contributed by atoms with E-state index in [4.69, 9.17) is 23.7 Å². The van der Waals surface area contributed by atoms with E-state index in [0.717, 1.165) is 11.3 Å². The average molecular weight is 416 g/mol. The number of ether oxygens (including phenoxy) is 5. The van der Waals surface area contributed by atoms with Crippen LogP contribution in [0.2, 0.25) is 0 Å². The van der Waals surface area contributed by atoms with Crippen LogP contribution in [-0.4, -0.2) is 67.6 Å². The molecule has 3 aliphatic rings. The number of fused-ring (bicyclic) bond motifs is 3. The minimum Gasteiger partial charge on any atom is -0.350 e. The Morgan fingerprint density at radius 2 is 1.77 bits per heavy atom. The Morgan fingerprint density at radius 3 is 2.50 bits per heavy atom. The molecule has 1 aromatic rings. The first kappa shape index (κ1) is 21.5. The van der Waals surface area contributed by atoms with Crippen molar-refractivity contribution < 1.29 is 28.5 Å². The number of aromatic nitrogens is 1. The molecule has 5 atom stereocenters. The van der Waals surface area contributed by atoms with Crippen molar-refractivity contribution in [2.75, 3.05) is 6.54 Å². The Morgan fingerprint density at radius 1 is 1.10 bits per heavy atom. The van der Waals surface area contributed by atoms with E-state index in [1.54, 1.807) is 13.0 Å². The summed E-state index contributed by atoms with van der Waals surface area (Å²) >= 11 is 0. The topological polar surface area (TPSA) is 88.1 Å². The van der Waals surface area contributed by atoms with Crippen molar-refractivity contribution in [3.05, 3.63) is 29.5 Å². The lowest BCUT2D eigenvalue weighted by molar-refractivity contribution is -0.232. The highest BCUT2D eigenvalue weighted by Crippen LogP contribution is 2.43. The predicted octanol–water partition coefficient (Wildman–Crippen LogP) is 0.256. The maximum Gasteiger partial charge on any atom is 0.247 e. The zero-order valence-corrected chi connectivity index (χ0v) is 18.3. The zero-order chi connectivity index (χ0) is 21.7. The van der Waals surface area contributed by atoms with Gasteiger partial charge in [0.2, 0.25) is 5.91 Å². The van der Waals surface area contributed by atoms with Crippen molar-refractivity contribution in [3.63, 3.8) is 0 Å². The summed E-state index contributed by atoms with van der Waals surface area (Å²) in [5.41, 5.74) is 2.20. The summed E-state index contributed by atoms with van der Waals surface area (Å²) in [7, 11) is 1.91. The zero-order valence-electron chi connectivity index (χ0n) is 18.3. The fourth-order valence-electron chi connectivity index (χ4n) is 4.12. The molecule has 0 aromatic carbocycles. The van der Waals surface area contributed by atoms with Crippen LogP contribution in [-0.2, 0) is 28.5 Å². The van der Waals surface area contributed by atoms with Gasteiger partial charge in [-0.05, 0) is 52.4 Å². The third kappa shape index (κ3) is 4.45. The van der Waals surface area contributed by atoms with Gasteiger partial charge in [0, 0.05) is 12.1 Å². The van der Waals surface area contributed by atoms with Gasteiger partial charge in [-0.15, -0.1) is 0 Å². The molecule has 1 aromatic heterocycles. The molecule has 162 valence electrons. The van der Waals surface area contributed by atoms with Crippen molar-refractivity contribution >= 4 is 25.4 Å². The first-order valence-electron chi connectivity index (χ1n) is 10.3. The number of carbonyl (C=O) groups is 1. The molecule has 0 saturated carbocycles. The van der Waals surface area contributed by atoms with Crippen LogP contribution in [0.5, 0.6) is 0 Å². The van der Waals surface area contributed by atoms with Gasteiger partial charge in [0.05, 0.1) is 5.69 Å². The SMILES string of the molecule is Bc1cccc(/C=C(\C)C(=O)NCC2O[C@@H]3OC(C)(C)O[C@H]3[C@H]3OC(C)(C)O[C@@H]23)n1. The van der Waals surface area contributed by atoms with E-state index in [1.165, 1.54) is 0 Å². The van der Waals surface area contributed by atoms with Gasteiger partial charge in [-0.1, -0.05) is 12.1 Å². The van der Waals surface area contributed by atoms with Crippen LogP contribution in [0, 0.1) is 0 Å². The lowest BCUT2D eigenvalue weighted by atomic mass is 9.99. The van der Waals surface area contributed by atoms with Crippen LogP contribution in [0.4, 0.5) is 0 Å². The molecule has 3 fully saturated rings. The highest BCUT2D eigenvalue weighted by atomic mass is 16.9. The Bertz CT molecular complexity index is 858. The van der Waals surface area contributed by atoms with E-state index >= 15 is 0 Å². The summed E-state index contributed by atoms with van der Waals surface area (Å²) in [4.78, 5) is 17.0. The molecular weight excluding hydrogens is 387 g/mol. The Labute approximate surface area is 177 Å². The molecular formula is C21H29BN2O6. The summed E-state index contributed by atoms with van der Waals surface area (Å²) < 4.78 is 30.2. The van der Waals surface area contributed by atoms with E-state index in [-0.39, 0.29) is 30.8 Å². The molecule has 1 N–H and O–H groups in total. The monoisotopic (exact) mass is 416 g/mol.